The van der Waals surface area contributed by atoms with Crippen LogP contribution in [0, 0.1) is 0 Å². The summed E-state index contributed by atoms with van der Waals surface area (Å²) in [6, 6.07) is 15.8. The molecule has 3 aromatic rings. The molecule has 4 rings (SSSR count). The van der Waals surface area contributed by atoms with Crippen molar-refractivity contribution in [2.75, 3.05) is 7.11 Å². The number of fused-ring (bicyclic) bond motifs is 1. The molecule has 2 aromatic carbocycles. The predicted molar refractivity (Wildman–Crippen MR) is 102 cm³/mol. The van der Waals surface area contributed by atoms with Crippen LogP contribution in [0.25, 0.3) is 11.4 Å². The van der Waals surface area contributed by atoms with Crippen molar-refractivity contribution >= 4 is 33.6 Å². The van der Waals surface area contributed by atoms with Crippen LogP contribution in [-0.4, -0.2) is 21.6 Å². The molecule has 0 aliphatic carbocycles. The molecule has 0 bridgehead atoms. The molecule has 0 fully saturated rings. The van der Waals surface area contributed by atoms with E-state index in [9.17, 15) is 0 Å². The van der Waals surface area contributed by atoms with Crippen molar-refractivity contribution in [2.45, 2.75) is 11.5 Å². The predicted octanol–water partition coefficient (Wildman–Crippen LogP) is 4.91. The highest BCUT2D eigenvalue weighted by molar-refractivity contribution is 8.38. The maximum absolute atomic E-state index is 5.38. The van der Waals surface area contributed by atoms with Crippen LogP contribution in [0.2, 0.25) is 0 Å². The third-order valence-electron chi connectivity index (χ3n) is 3.69. The molecule has 5 nitrogen and oxygen atoms in total. The minimum absolute atomic E-state index is 0.539. The van der Waals surface area contributed by atoms with Crippen LogP contribution in [0.5, 0.6) is 5.75 Å². The molecule has 2 heterocycles. The molecule has 0 radical (unpaired) electrons. The Morgan fingerprint density at radius 1 is 1.16 bits per heavy atom. The summed E-state index contributed by atoms with van der Waals surface area (Å²) < 4.78 is 11.7. The quantitative estimate of drug-likeness (QED) is 0.651. The molecule has 1 aliphatic heterocycles. The normalized spacial score (nSPS) is 13.2. The van der Waals surface area contributed by atoms with E-state index < -0.39 is 0 Å². The second kappa shape index (κ2) is 7.33. The van der Waals surface area contributed by atoms with Crippen LogP contribution in [-0.2, 0) is 11.5 Å². The number of rotatable bonds is 4. The van der Waals surface area contributed by atoms with E-state index >= 15 is 0 Å². The summed E-state index contributed by atoms with van der Waals surface area (Å²) in [7, 11) is 1.63. The number of hydrogen-bond acceptors (Lipinski definition) is 7. The van der Waals surface area contributed by atoms with Gasteiger partial charge in [-0.15, -0.1) is 0 Å². The summed E-state index contributed by atoms with van der Waals surface area (Å²) in [5.74, 6) is 3.38. The zero-order chi connectivity index (χ0) is 17.1. The Hall–Kier alpha value is -2.25. The highest BCUT2D eigenvalue weighted by atomic mass is 32.2. The van der Waals surface area contributed by atoms with Gasteiger partial charge in [-0.2, -0.15) is 4.98 Å². The van der Waals surface area contributed by atoms with Gasteiger partial charge in [0.25, 0.3) is 0 Å². The minimum atomic E-state index is 0.539. The van der Waals surface area contributed by atoms with Crippen LogP contribution >= 0.6 is 23.5 Å². The first-order valence-electron chi connectivity index (χ1n) is 7.71. The summed E-state index contributed by atoms with van der Waals surface area (Å²) in [6.45, 7) is 0. The van der Waals surface area contributed by atoms with Gasteiger partial charge in [0.15, 0.2) is 0 Å². The Balaban J connectivity index is 1.47. The van der Waals surface area contributed by atoms with E-state index in [1.165, 1.54) is 5.56 Å². The molecular weight excluding hydrogens is 354 g/mol. The lowest BCUT2D eigenvalue weighted by molar-refractivity contribution is 0.390. The van der Waals surface area contributed by atoms with Crippen LogP contribution in [0.1, 0.15) is 11.5 Å². The van der Waals surface area contributed by atoms with Gasteiger partial charge in [-0.1, -0.05) is 59.0 Å². The van der Waals surface area contributed by atoms with Crippen molar-refractivity contribution in [2.24, 2.45) is 4.99 Å². The maximum atomic E-state index is 5.38. The molecule has 0 N–H and O–H groups in total. The molecule has 1 aliphatic rings. The molecule has 25 heavy (non-hydrogen) atoms. The lowest BCUT2D eigenvalue weighted by Gasteiger charge is -2.13. The smallest absolute Gasteiger partial charge is 0.237 e. The number of aliphatic imine (C=N–C) groups is 1. The number of aromatic nitrogens is 2. The van der Waals surface area contributed by atoms with Gasteiger partial charge in [-0.25, -0.2) is 4.99 Å². The SMILES string of the molecule is COc1ccccc1-c1noc(CSC2=Nc3ccccc3CS2)n1. The third-order valence-corrected chi connectivity index (χ3v) is 5.92. The van der Waals surface area contributed by atoms with Gasteiger partial charge < -0.3 is 9.26 Å². The van der Waals surface area contributed by atoms with Crippen LogP contribution in [0.15, 0.2) is 58.0 Å². The molecule has 0 atom stereocenters. The van der Waals surface area contributed by atoms with Gasteiger partial charge in [0.1, 0.15) is 10.1 Å². The molecule has 7 heteroatoms. The summed E-state index contributed by atoms with van der Waals surface area (Å²) in [5.41, 5.74) is 3.14. The largest absolute Gasteiger partial charge is 0.496 e. The second-order valence-electron chi connectivity index (χ2n) is 5.30. The van der Waals surface area contributed by atoms with E-state index in [4.69, 9.17) is 9.26 Å². The topological polar surface area (TPSA) is 60.5 Å². The van der Waals surface area contributed by atoms with E-state index in [2.05, 4.69) is 21.2 Å². The second-order valence-corrected chi connectivity index (χ2v) is 7.48. The van der Waals surface area contributed by atoms with Gasteiger partial charge in [-0.3, -0.25) is 0 Å². The number of nitrogens with zero attached hydrogens (tertiary/aromatic N) is 3. The van der Waals surface area contributed by atoms with Crippen LogP contribution < -0.4 is 4.74 Å². The van der Waals surface area contributed by atoms with Gasteiger partial charge in [0.05, 0.1) is 24.1 Å². The number of benzene rings is 2. The zero-order valence-electron chi connectivity index (χ0n) is 13.5. The molecule has 1 aromatic heterocycles. The first-order chi connectivity index (χ1) is 12.3. The van der Waals surface area contributed by atoms with E-state index in [0.717, 1.165) is 27.1 Å². The highest BCUT2D eigenvalue weighted by Crippen LogP contribution is 2.35. The van der Waals surface area contributed by atoms with Crippen molar-refractivity contribution in [1.29, 1.82) is 0 Å². The number of methoxy groups -OCH3 is 1. The summed E-state index contributed by atoms with van der Waals surface area (Å²) in [6.07, 6.45) is 0. The van der Waals surface area contributed by atoms with Gasteiger partial charge in [0, 0.05) is 5.75 Å². The Labute approximate surface area is 153 Å². The van der Waals surface area contributed by atoms with Crippen molar-refractivity contribution in [3.63, 3.8) is 0 Å². The van der Waals surface area contributed by atoms with Crippen molar-refractivity contribution in [3.05, 3.63) is 60.0 Å². The van der Waals surface area contributed by atoms with E-state index in [1.807, 2.05) is 42.5 Å². The van der Waals surface area contributed by atoms with E-state index in [0.29, 0.717) is 17.5 Å². The lowest BCUT2D eigenvalue weighted by atomic mass is 10.2. The third kappa shape index (κ3) is 3.57. The van der Waals surface area contributed by atoms with Crippen molar-refractivity contribution < 1.29 is 9.26 Å². The van der Waals surface area contributed by atoms with Crippen molar-refractivity contribution in [3.8, 4) is 17.1 Å². The monoisotopic (exact) mass is 369 g/mol. The standard InChI is InChI=1S/C18H15N3O2S2/c1-22-15-9-5-3-7-13(15)17-20-16(23-21-17)11-25-18-19-14-8-4-2-6-12(14)10-24-18/h2-9H,10-11H2,1H3. The van der Waals surface area contributed by atoms with Gasteiger partial charge in [0.2, 0.25) is 11.7 Å². The highest BCUT2D eigenvalue weighted by Gasteiger charge is 2.16. The number of thioether (sulfide) groups is 2. The fourth-order valence-electron chi connectivity index (χ4n) is 2.46. The van der Waals surface area contributed by atoms with Crippen LogP contribution in [0.3, 0.4) is 0 Å². The minimum Gasteiger partial charge on any atom is -0.496 e. The number of hydrogen-bond donors (Lipinski definition) is 0. The molecule has 0 amide bonds. The van der Waals surface area contributed by atoms with Crippen molar-refractivity contribution in [1.82, 2.24) is 10.1 Å². The summed E-state index contributed by atoms with van der Waals surface area (Å²) in [4.78, 5) is 9.16. The number of ether oxygens (including phenoxy) is 1. The Kier molecular flexibility index (Phi) is 4.76. The molecule has 0 saturated carbocycles. The summed E-state index contributed by atoms with van der Waals surface area (Å²) >= 11 is 3.36. The van der Waals surface area contributed by atoms with Crippen LogP contribution in [0.4, 0.5) is 5.69 Å². The molecule has 0 saturated heterocycles. The van der Waals surface area contributed by atoms with Gasteiger partial charge in [-0.05, 0) is 23.8 Å². The molecule has 0 unspecified atom stereocenters. The van der Waals surface area contributed by atoms with Gasteiger partial charge >= 0.3 is 0 Å². The average Bonchev–Trinajstić information content (AvgIpc) is 3.15. The molecular formula is C18H15N3O2S2. The average molecular weight is 369 g/mol. The summed E-state index contributed by atoms with van der Waals surface area (Å²) in [5, 5.41) is 4.07. The zero-order valence-corrected chi connectivity index (χ0v) is 15.1. The maximum Gasteiger partial charge on any atom is 0.237 e. The molecule has 0 spiro atoms. The number of para-hydroxylation sites is 2. The lowest BCUT2D eigenvalue weighted by Crippen LogP contribution is -1.96. The van der Waals surface area contributed by atoms with E-state index in [-0.39, 0.29) is 0 Å². The fraction of sp³-hybridized carbons (Fsp3) is 0.167. The fourth-order valence-corrected chi connectivity index (χ4v) is 4.36. The first kappa shape index (κ1) is 16.2. The molecule has 126 valence electrons. The Bertz CT molecular complexity index is 924. The first-order valence-corrected chi connectivity index (χ1v) is 9.69. The Morgan fingerprint density at radius 3 is 2.92 bits per heavy atom. The Morgan fingerprint density at radius 2 is 2.00 bits per heavy atom. The van der Waals surface area contributed by atoms with E-state index in [1.54, 1.807) is 30.6 Å².